The highest BCUT2D eigenvalue weighted by molar-refractivity contribution is 5.94. The van der Waals surface area contributed by atoms with Crippen LogP contribution in [0, 0.1) is 11.6 Å². The molecule has 1 aliphatic carbocycles. The average molecular weight is 430 g/mol. The first-order chi connectivity index (χ1) is 13.4. The Hall–Kier alpha value is -2.23. The van der Waals surface area contributed by atoms with Crippen LogP contribution in [0.3, 0.4) is 0 Å². The van der Waals surface area contributed by atoms with Gasteiger partial charge in [-0.3, -0.25) is 4.79 Å². The molecule has 0 amide bonds. The third kappa shape index (κ3) is 3.82. The fraction of sp³-hybridized carbons (Fsp3) is 0.474. The Morgan fingerprint density at radius 2 is 2.10 bits per heavy atom. The minimum absolute atomic E-state index is 0. The van der Waals surface area contributed by atoms with E-state index in [-0.39, 0.29) is 41.1 Å². The summed E-state index contributed by atoms with van der Waals surface area (Å²) in [5.74, 6) is -3.12. The van der Waals surface area contributed by atoms with Crippen molar-refractivity contribution in [2.24, 2.45) is 0 Å². The Bertz CT molecular complexity index is 1010. The molecule has 2 heterocycles. The zero-order chi connectivity index (χ0) is 20.0. The Labute approximate surface area is 171 Å². The Kier molecular flexibility index (Phi) is 6.11. The highest BCUT2D eigenvalue weighted by Crippen LogP contribution is 2.39. The molecule has 1 aliphatic heterocycles. The van der Waals surface area contributed by atoms with E-state index < -0.39 is 28.6 Å². The second kappa shape index (κ2) is 8.25. The molecule has 1 aromatic carbocycles. The molecule has 1 saturated heterocycles. The van der Waals surface area contributed by atoms with Crippen molar-refractivity contribution in [1.29, 1.82) is 0 Å². The maximum atomic E-state index is 15.5. The normalized spacial score (nSPS) is 19.3. The number of aromatic nitrogens is 1. The van der Waals surface area contributed by atoms with Crippen LogP contribution >= 0.6 is 12.4 Å². The Morgan fingerprint density at radius 3 is 2.72 bits per heavy atom. The van der Waals surface area contributed by atoms with E-state index >= 15 is 4.39 Å². The number of morpholine rings is 1. The van der Waals surface area contributed by atoms with Crippen molar-refractivity contribution in [3.05, 3.63) is 39.7 Å². The summed E-state index contributed by atoms with van der Waals surface area (Å²) in [6.45, 7) is 1.50. The average Bonchev–Trinajstić information content (AvgIpc) is 3.48. The van der Waals surface area contributed by atoms with E-state index in [1.165, 1.54) is 10.8 Å². The van der Waals surface area contributed by atoms with Gasteiger partial charge in [-0.05, 0) is 26.0 Å². The van der Waals surface area contributed by atoms with Gasteiger partial charge in [0, 0.05) is 31.9 Å². The molecule has 0 radical (unpaired) electrons. The van der Waals surface area contributed by atoms with E-state index in [2.05, 4.69) is 5.32 Å². The zero-order valence-electron chi connectivity index (χ0n) is 15.8. The molecule has 0 unspecified atom stereocenters. The molecule has 2 aliphatic rings. The van der Waals surface area contributed by atoms with Gasteiger partial charge in [0.05, 0.1) is 23.6 Å². The van der Waals surface area contributed by atoms with Crippen molar-refractivity contribution in [1.82, 2.24) is 9.88 Å². The van der Waals surface area contributed by atoms with Crippen molar-refractivity contribution in [3.63, 3.8) is 0 Å². The molecule has 29 heavy (non-hydrogen) atoms. The number of pyridine rings is 1. The monoisotopic (exact) mass is 429 g/mol. The summed E-state index contributed by atoms with van der Waals surface area (Å²) in [4.78, 5) is 25.5. The number of hydrogen-bond acceptors (Lipinski definition) is 5. The van der Waals surface area contributed by atoms with Crippen molar-refractivity contribution in [3.8, 4) is 0 Å². The van der Waals surface area contributed by atoms with Gasteiger partial charge in [-0.1, -0.05) is 0 Å². The Morgan fingerprint density at radius 1 is 1.38 bits per heavy atom. The van der Waals surface area contributed by atoms with Gasteiger partial charge in [-0.2, -0.15) is 0 Å². The van der Waals surface area contributed by atoms with Crippen LogP contribution < -0.4 is 15.6 Å². The van der Waals surface area contributed by atoms with Crippen LogP contribution in [0.5, 0.6) is 0 Å². The van der Waals surface area contributed by atoms with Gasteiger partial charge in [0.15, 0.2) is 5.82 Å². The number of anilines is 1. The van der Waals surface area contributed by atoms with E-state index in [4.69, 9.17) is 4.74 Å². The summed E-state index contributed by atoms with van der Waals surface area (Å²) in [5.41, 5.74) is -1.59. The molecular weight excluding hydrogens is 408 g/mol. The van der Waals surface area contributed by atoms with E-state index in [0.717, 1.165) is 18.9 Å². The molecule has 10 heteroatoms. The summed E-state index contributed by atoms with van der Waals surface area (Å²) >= 11 is 0. The van der Waals surface area contributed by atoms with Gasteiger partial charge in [-0.25, -0.2) is 13.6 Å². The van der Waals surface area contributed by atoms with Crippen molar-refractivity contribution < 1.29 is 23.4 Å². The number of carboxylic acids is 1. The van der Waals surface area contributed by atoms with Crippen LogP contribution in [0.1, 0.15) is 29.2 Å². The van der Waals surface area contributed by atoms with E-state index in [1.807, 2.05) is 0 Å². The number of likely N-dealkylation sites (N-methyl/N-ethyl adjacent to an activating group) is 1. The van der Waals surface area contributed by atoms with Crippen molar-refractivity contribution in [2.75, 3.05) is 38.2 Å². The number of ether oxygens (including phenoxy) is 1. The van der Waals surface area contributed by atoms with Crippen LogP contribution in [0.4, 0.5) is 14.5 Å². The molecule has 1 aromatic heterocycles. The summed E-state index contributed by atoms with van der Waals surface area (Å²) in [5, 5.41) is 12.0. The van der Waals surface area contributed by atoms with Gasteiger partial charge in [0.1, 0.15) is 17.1 Å². The predicted molar refractivity (Wildman–Crippen MR) is 106 cm³/mol. The second-order valence-electron chi connectivity index (χ2n) is 7.23. The second-order valence-corrected chi connectivity index (χ2v) is 7.23. The molecule has 0 bridgehead atoms. The largest absolute Gasteiger partial charge is 0.477 e. The van der Waals surface area contributed by atoms with E-state index in [9.17, 15) is 19.1 Å². The molecule has 2 fully saturated rings. The first-order valence-corrected chi connectivity index (χ1v) is 9.23. The number of halogens is 3. The molecule has 7 nitrogen and oxygen atoms in total. The molecule has 0 spiro atoms. The topological polar surface area (TPSA) is 83.8 Å². The van der Waals surface area contributed by atoms with Crippen molar-refractivity contribution in [2.45, 2.75) is 25.0 Å². The predicted octanol–water partition coefficient (Wildman–Crippen LogP) is 2.16. The van der Waals surface area contributed by atoms with E-state index in [1.54, 1.807) is 11.9 Å². The van der Waals surface area contributed by atoms with Gasteiger partial charge in [0.25, 0.3) is 0 Å². The SMILES string of the molecule is CNC[C@H]1CN(c2c(F)cc3c(=O)c(C(=O)O)cn(C4CC4)c3c2F)CCO1.Cl. The lowest BCUT2D eigenvalue weighted by atomic mass is 10.1. The highest BCUT2D eigenvalue weighted by atomic mass is 35.5. The number of nitrogens with zero attached hydrogens (tertiary/aromatic N) is 2. The fourth-order valence-electron chi connectivity index (χ4n) is 3.79. The van der Waals surface area contributed by atoms with Crippen LogP contribution in [0.25, 0.3) is 10.9 Å². The number of carboxylic acid groups (broad SMARTS) is 1. The maximum Gasteiger partial charge on any atom is 0.341 e. The smallest absolute Gasteiger partial charge is 0.341 e. The maximum absolute atomic E-state index is 15.5. The minimum atomic E-state index is -1.41. The molecular formula is C19H22ClF2N3O4. The molecule has 1 saturated carbocycles. The van der Waals surface area contributed by atoms with Crippen LogP contribution in [0.15, 0.2) is 17.1 Å². The van der Waals surface area contributed by atoms with Gasteiger partial charge in [0.2, 0.25) is 5.43 Å². The van der Waals surface area contributed by atoms with Gasteiger partial charge in [-0.15, -0.1) is 12.4 Å². The Balaban J connectivity index is 0.00000240. The summed E-state index contributed by atoms with van der Waals surface area (Å²) in [6.07, 6.45) is 2.47. The van der Waals surface area contributed by atoms with Gasteiger partial charge >= 0.3 is 5.97 Å². The van der Waals surface area contributed by atoms with E-state index in [0.29, 0.717) is 26.2 Å². The number of nitrogens with one attached hydrogen (secondary N) is 1. The third-order valence-corrected chi connectivity index (χ3v) is 5.24. The molecule has 1 atom stereocenters. The van der Waals surface area contributed by atoms with Crippen molar-refractivity contribution >= 4 is 35.0 Å². The lowest BCUT2D eigenvalue weighted by Gasteiger charge is -2.35. The number of fused-ring (bicyclic) bond motifs is 1. The van der Waals surface area contributed by atoms with Gasteiger partial charge < -0.3 is 24.6 Å². The quantitative estimate of drug-likeness (QED) is 0.757. The minimum Gasteiger partial charge on any atom is -0.477 e. The summed E-state index contributed by atoms with van der Waals surface area (Å²) in [6, 6.07) is 0.875. The summed E-state index contributed by atoms with van der Waals surface area (Å²) in [7, 11) is 1.77. The lowest BCUT2D eigenvalue weighted by Crippen LogP contribution is -2.47. The first-order valence-electron chi connectivity index (χ1n) is 9.23. The number of hydrogen-bond donors (Lipinski definition) is 2. The number of rotatable bonds is 5. The summed E-state index contributed by atoms with van der Waals surface area (Å²) < 4.78 is 37.5. The lowest BCUT2D eigenvalue weighted by molar-refractivity contribution is 0.0417. The molecule has 158 valence electrons. The van der Waals surface area contributed by atoms with Crippen LogP contribution in [0.2, 0.25) is 0 Å². The first kappa shape index (κ1) is 21.5. The van der Waals surface area contributed by atoms with Crippen LogP contribution in [-0.2, 0) is 4.74 Å². The number of carbonyl (C=O) groups is 1. The fourth-order valence-corrected chi connectivity index (χ4v) is 3.79. The highest BCUT2D eigenvalue weighted by Gasteiger charge is 2.32. The standard InChI is InChI=1S/C19H21F2N3O4.ClH/c1-22-7-11-8-23(4-5-28-11)17-14(20)6-12-16(15(17)21)24(10-2-3-10)9-13(18(12)25)19(26)27;/h6,9-11,22H,2-5,7-8H2,1H3,(H,26,27);1H/t11-;/m0./s1. The third-order valence-electron chi connectivity index (χ3n) is 5.24. The number of benzene rings is 1. The zero-order valence-corrected chi connectivity index (χ0v) is 16.6. The molecule has 2 aromatic rings. The molecule has 2 N–H and O–H groups in total. The number of aromatic carboxylic acids is 1. The molecule has 4 rings (SSSR count). The van der Waals surface area contributed by atoms with Crippen LogP contribution in [-0.4, -0.2) is 55.0 Å².